The summed E-state index contributed by atoms with van der Waals surface area (Å²) < 4.78 is 10.1. The topological polar surface area (TPSA) is 38.7 Å². The van der Waals surface area contributed by atoms with Gasteiger partial charge in [0.2, 0.25) is 0 Å². The SMILES string of the molecule is CC(C)COP(O)OCC(C)C. The first-order valence-corrected chi connectivity index (χ1v) is 5.40. The van der Waals surface area contributed by atoms with Crippen molar-refractivity contribution in [1.82, 2.24) is 0 Å². The molecule has 0 aromatic rings. The molecule has 74 valence electrons. The second-order valence-corrected chi connectivity index (χ2v) is 4.61. The smallest absolute Gasteiger partial charge is 0.328 e. The average Bonchev–Trinajstić information content (AvgIpc) is 1.96. The van der Waals surface area contributed by atoms with E-state index in [1.807, 2.05) is 27.7 Å². The van der Waals surface area contributed by atoms with Crippen LogP contribution < -0.4 is 0 Å². The Morgan fingerprint density at radius 2 is 1.33 bits per heavy atom. The number of rotatable bonds is 6. The van der Waals surface area contributed by atoms with Crippen LogP contribution in [0, 0.1) is 11.8 Å². The van der Waals surface area contributed by atoms with Crippen LogP contribution in [0.2, 0.25) is 0 Å². The lowest BCUT2D eigenvalue weighted by Gasteiger charge is -2.13. The minimum atomic E-state index is -1.65. The lowest BCUT2D eigenvalue weighted by Crippen LogP contribution is -2.02. The zero-order valence-corrected chi connectivity index (χ0v) is 9.17. The second-order valence-electron chi connectivity index (χ2n) is 3.62. The molecule has 0 radical (unpaired) electrons. The lowest BCUT2D eigenvalue weighted by molar-refractivity contribution is 0.170. The van der Waals surface area contributed by atoms with Crippen LogP contribution >= 0.6 is 8.60 Å². The third kappa shape index (κ3) is 8.41. The zero-order valence-electron chi connectivity index (χ0n) is 8.28. The number of hydrogen-bond acceptors (Lipinski definition) is 3. The third-order valence-electron chi connectivity index (χ3n) is 1.04. The second kappa shape index (κ2) is 6.79. The molecule has 0 aliphatic carbocycles. The summed E-state index contributed by atoms with van der Waals surface area (Å²) in [4.78, 5) is 9.17. The van der Waals surface area contributed by atoms with Crippen molar-refractivity contribution in [1.29, 1.82) is 0 Å². The van der Waals surface area contributed by atoms with Gasteiger partial charge < -0.3 is 13.9 Å². The van der Waals surface area contributed by atoms with Crippen molar-refractivity contribution in [2.45, 2.75) is 27.7 Å². The van der Waals surface area contributed by atoms with E-state index >= 15 is 0 Å². The van der Waals surface area contributed by atoms with Gasteiger partial charge in [0.15, 0.2) is 0 Å². The Kier molecular flexibility index (Phi) is 6.96. The van der Waals surface area contributed by atoms with Crippen molar-refractivity contribution in [3.05, 3.63) is 0 Å². The fraction of sp³-hybridized carbons (Fsp3) is 1.00. The predicted octanol–water partition coefficient (Wildman–Crippen LogP) is 2.55. The molecule has 1 N–H and O–H groups in total. The highest BCUT2D eigenvalue weighted by Gasteiger charge is 2.08. The molecule has 0 aromatic carbocycles. The van der Waals surface area contributed by atoms with E-state index in [9.17, 15) is 0 Å². The van der Waals surface area contributed by atoms with Crippen molar-refractivity contribution in [3.63, 3.8) is 0 Å². The summed E-state index contributed by atoms with van der Waals surface area (Å²) >= 11 is 0. The fourth-order valence-corrected chi connectivity index (χ4v) is 1.39. The molecule has 0 fully saturated rings. The van der Waals surface area contributed by atoms with Crippen molar-refractivity contribution in [2.75, 3.05) is 13.2 Å². The molecule has 0 rings (SSSR count). The highest BCUT2D eigenvalue weighted by atomic mass is 31.2. The standard InChI is InChI=1S/C8H19O3P/c1-7(2)5-10-12(9)11-6-8(3)4/h7-9H,5-6H2,1-4H3. The molecule has 3 nitrogen and oxygen atoms in total. The van der Waals surface area contributed by atoms with Crippen LogP contribution in [0.1, 0.15) is 27.7 Å². The van der Waals surface area contributed by atoms with Crippen LogP contribution in [0.3, 0.4) is 0 Å². The van der Waals surface area contributed by atoms with Gasteiger partial charge in [0, 0.05) is 0 Å². The highest BCUT2D eigenvalue weighted by molar-refractivity contribution is 7.40. The molecule has 0 atom stereocenters. The van der Waals surface area contributed by atoms with Gasteiger partial charge in [0.25, 0.3) is 0 Å². The van der Waals surface area contributed by atoms with Crippen LogP contribution in [0.5, 0.6) is 0 Å². The van der Waals surface area contributed by atoms with Crippen LogP contribution in [-0.2, 0) is 9.05 Å². The van der Waals surface area contributed by atoms with Crippen LogP contribution in [0.25, 0.3) is 0 Å². The first kappa shape index (κ1) is 12.3. The van der Waals surface area contributed by atoms with Crippen molar-refractivity contribution in [3.8, 4) is 0 Å². The summed E-state index contributed by atoms with van der Waals surface area (Å²) in [5.41, 5.74) is 0. The van der Waals surface area contributed by atoms with E-state index in [4.69, 9.17) is 13.9 Å². The number of hydrogen-bond donors (Lipinski definition) is 1. The van der Waals surface area contributed by atoms with Crippen molar-refractivity contribution < 1.29 is 13.9 Å². The van der Waals surface area contributed by atoms with Gasteiger partial charge in [-0.05, 0) is 11.8 Å². The average molecular weight is 194 g/mol. The van der Waals surface area contributed by atoms with E-state index < -0.39 is 8.60 Å². The molecule has 0 aromatic heterocycles. The Bertz CT molecular complexity index is 94.5. The normalized spacial score (nSPS) is 12.0. The molecular weight excluding hydrogens is 175 g/mol. The summed E-state index contributed by atoms with van der Waals surface area (Å²) in [6, 6.07) is 0. The maximum absolute atomic E-state index is 9.17. The molecule has 0 amide bonds. The van der Waals surface area contributed by atoms with Crippen LogP contribution in [0.15, 0.2) is 0 Å². The molecule has 0 bridgehead atoms. The monoisotopic (exact) mass is 194 g/mol. The maximum Gasteiger partial charge on any atom is 0.329 e. The Morgan fingerprint density at radius 1 is 1.00 bits per heavy atom. The Morgan fingerprint density at radius 3 is 1.58 bits per heavy atom. The van der Waals surface area contributed by atoms with Gasteiger partial charge in [-0.2, -0.15) is 0 Å². The van der Waals surface area contributed by atoms with Crippen molar-refractivity contribution in [2.24, 2.45) is 11.8 Å². The minimum absolute atomic E-state index is 0.435. The third-order valence-corrected chi connectivity index (χ3v) is 1.78. The van der Waals surface area contributed by atoms with Crippen molar-refractivity contribution >= 4 is 8.60 Å². The molecule has 0 saturated heterocycles. The van der Waals surface area contributed by atoms with Gasteiger partial charge in [0.05, 0.1) is 13.2 Å². The fourth-order valence-electron chi connectivity index (χ4n) is 0.463. The summed E-state index contributed by atoms with van der Waals surface area (Å²) in [5.74, 6) is 0.870. The molecule has 0 aliphatic rings. The molecule has 4 heteroatoms. The molecular formula is C8H19O3P. The van der Waals surface area contributed by atoms with Gasteiger partial charge in [-0.15, -0.1) is 0 Å². The summed E-state index contributed by atoms with van der Waals surface area (Å²) in [5, 5.41) is 0. The van der Waals surface area contributed by atoms with E-state index in [0.29, 0.717) is 25.0 Å². The Balaban J connectivity index is 3.27. The lowest BCUT2D eigenvalue weighted by atomic mass is 10.2. The quantitative estimate of drug-likeness (QED) is 0.660. The first-order valence-electron chi connectivity index (χ1n) is 4.27. The first-order chi connectivity index (χ1) is 5.52. The molecule has 0 unspecified atom stereocenters. The maximum atomic E-state index is 9.17. The van der Waals surface area contributed by atoms with Crippen LogP contribution in [0.4, 0.5) is 0 Å². The molecule has 0 aliphatic heterocycles. The Labute approximate surface area is 76.1 Å². The van der Waals surface area contributed by atoms with E-state index in [1.165, 1.54) is 0 Å². The summed E-state index contributed by atoms with van der Waals surface area (Å²) in [6.45, 7) is 9.25. The highest BCUT2D eigenvalue weighted by Crippen LogP contribution is 2.33. The van der Waals surface area contributed by atoms with E-state index in [2.05, 4.69) is 0 Å². The Hall–Kier alpha value is 0.310. The summed E-state index contributed by atoms with van der Waals surface area (Å²) in [7, 11) is -1.65. The van der Waals surface area contributed by atoms with E-state index in [0.717, 1.165) is 0 Å². The van der Waals surface area contributed by atoms with E-state index in [-0.39, 0.29) is 0 Å². The molecule has 0 spiro atoms. The molecule has 0 heterocycles. The van der Waals surface area contributed by atoms with E-state index in [1.54, 1.807) is 0 Å². The minimum Gasteiger partial charge on any atom is -0.328 e. The zero-order chi connectivity index (χ0) is 9.56. The molecule has 12 heavy (non-hydrogen) atoms. The predicted molar refractivity (Wildman–Crippen MR) is 50.7 cm³/mol. The van der Waals surface area contributed by atoms with Gasteiger partial charge in [-0.3, -0.25) is 0 Å². The van der Waals surface area contributed by atoms with Gasteiger partial charge in [0.1, 0.15) is 0 Å². The molecule has 0 saturated carbocycles. The summed E-state index contributed by atoms with van der Waals surface area (Å²) in [6.07, 6.45) is 0. The van der Waals surface area contributed by atoms with Gasteiger partial charge >= 0.3 is 8.60 Å². The largest absolute Gasteiger partial charge is 0.329 e. The van der Waals surface area contributed by atoms with Gasteiger partial charge in [-0.1, -0.05) is 27.7 Å². The van der Waals surface area contributed by atoms with Gasteiger partial charge in [-0.25, -0.2) is 0 Å². The van der Waals surface area contributed by atoms with Crippen LogP contribution in [-0.4, -0.2) is 18.1 Å².